The molecular weight excluding hydrogens is 308 g/mol. The zero-order valence-electron chi connectivity index (χ0n) is 15.3. The SMILES string of the molecule is CCCN(C1CCN(CC)C1)C1c2ccccc2Oc2ccccc21. The second kappa shape index (κ2) is 7.19. The van der Waals surface area contributed by atoms with Crippen molar-refractivity contribution in [3.8, 4) is 11.5 Å². The van der Waals surface area contributed by atoms with E-state index >= 15 is 0 Å². The Hall–Kier alpha value is -1.84. The Balaban J connectivity index is 1.76. The fourth-order valence-corrected chi connectivity index (χ4v) is 4.39. The number of fused-ring (bicyclic) bond motifs is 2. The monoisotopic (exact) mass is 336 g/mol. The first-order valence-electron chi connectivity index (χ1n) is 9.65. The predicted octanol–water partition coefficient (Wildman–Crippen LogP) is 4.69. The Morgan fingerprint density at radius 1 is 1.00 bits per heavy atom. The van der Waals surface area contributed by atoms with Crippen LogP contribution >= 0.6 is 0 Å². The van der Waals surface area contributed by atoms with E-state index in [4.69, 9.17) is 4.74 Å². The molecule has 0 aromatic heterocycles. The summed E-state index contributed by atoms with van der Waals surface area (Å²) < 4.78 is 6.20. The quantitative estimate of drug-likeness (QED) is 0.788. The highest BCUT2D eigenvalue weighted by molar-refractivity contribution is 5.53. The molecule has 0 aliphatic carbocycles. The van der Waals surface area contributed by atoms with Gasteiger partial charge < -0.3 is 9.64 Å². The number of benzene rings is 2. The molecule has 3 nitrogen and oxygen atoms in total. The van der Waals surface area contributed by atoms with E-state index in [2.05, 4.69) is 72.2 Å². The summed E-state index contributed by atoms with van der Waals surface area (Å²) >= 11 is 0. The van der Waals surface area contributed by atoms with E-state index in [0.29, 0.717) is 12.1 Å². The molecule has 2 aliphatic rings. The van der Waals surface area contributed by atoms with Crippen molar-refractivity contribution in [3.63, 3.8) is 0 Å². The van der Waals surface area contributed by atoms with Crippen LogP contribution in [0.1, 0.15) is 43.9 Å². The molecule has 1 atom stereocenters. The minimum absolute atomic E-state index is 0.294. The first kappa shape index (κ1) is 16.6. The van der Waals surface area contributed by atoms with Gasteiger partial charge in [-0.1, -0.05) is 50.2 Å². The molecule has 0 spiro atoms. The van der Waals surface area contributed by atoms with E-state index in [1.54, 1.807) is 0 Å². The maximum atomic E-state index is 6.20. The van der Waals surface area contributed by atoms with Gasteiger partial charge in [0.25, 0.3) is 0 Å². The Bertz CT molecular complexity index is 684. The van der Waals surface area contributed by atoms with Gasteiger partial charge in [-0.05, 0) is 44.6 Å². The molecule has 0 saturated carbocycles. The Morgan fingerprint density at radius 3 is 2.20 bits per heavy atom. The lowest BCUT2D eigenvalue weighted by Gasteiger charge is -2.40. The molecule has 1 saturated heterocycles. The number of para-hydroxylation sites is 2. The molecule has 132 valence electrons. The van der Waals surface area contributed by atoms with Crippen LogP contribution in [0.3, 0.4) is 0 Å². The van der Waals surface area contributed by atoms with Crippen LogP contribution in [-0.2, 0) is 0 Å². The molecule has 2 aliphatic heterocycles. The highest BCUT2D eigenvalue weighted by atomic mass is 16.5. The van der Waals surface area contributed by atoms with Gasteiger partial charge in [-0.15, -0.1) is 0 Å². The third kappa shape index (κ3) is 3.07. The largest absolute Gasteiger partial charge is 0.457 e. The number of rotatable bonds is 5. The summed E-state index contributed by atoms with van der Waals surface area (Å²) in [6.07, 6.45) is 2.43. The van der Waals surface area contributed by atoms with Gasteiger partial charge in [0.1, 0.15) is 11.5 Å². The second-order valence-electron chi connectivity index (χ2n) is 7.15. The van der Waals surface area contributed by atoms with Crippen LogP contribution < -0.4 is 4.74 Å². The summed E-state index contributed by atoms with van der Waals surface area (Å²) in [6.45, 7) is 9.22. The predicted molar refractivity (Wildman–Crippen MR) is 102 cm³/mol. The molecule has 0 bridgehead atoms. The number of likely N-dealkylation sites (N-methyl/N-ethyl adjacent to an activating group) is 1. The summed E-state index contributed by atoms with van der Waals surface area (Å²) in [4.78, 5) is 5.31. The number of nitrogens with zero attached hydrogens (tertiary/aromatic N) is 2. The van der Waals surface area contributed by atoms with Crippen LogP contribution in [0.25, 0.3) is 0 Å². The van der Waals surface area contributed by atoms with E-state index in [9.17, 15) is 0 Å². The molecule has 1 unspecified atom stereocenters. The molecule has 2 aromatic carbocycles. The number of hydrogen-bond donors (Lipinski definition) is 0. The third-order valence-electron chi connectivity index (χ3n) is 5.62. The maximum Gasteiger partial charge on any atom is 0.132 e. The lowest BCUT2D eigenvalue weighted by Crippen LogP contribution is -2.42. The van der Waals surface area contributed by atoms with Gasteiger partial charge in [0.05, 0.1) is 6.04 Å². The van der Waals surface area contributed by atoms with Crippen molar-refractivity contribution in [3.05, 3.63) is 59.7 Å². The molecule has 4 rings (SSSR count). The van der Waals surface area contributed by atoms with Crippen LogP contribution in [0.5, 0.6) is 11.5 Å². The van der Waals surface area contributed by atoms with Crippen molar-refractivity contribution in [2.45, 2.75) is 38.8 Å². The fourth-order valence-electron chi connectivity index (χ4n) is 4.39. The zero-order valence-corrected chi connectivity index (χ0v) is 15.3. The zero-order chi connectivity index (χ0) is 17.2. The summed E-state index contributed by atoms with van der Waals surface area (Å²) in [7, 11) is 0. The van der Waals surface area contributed by atoms with Gasteiger partial charge in [0.2, 0.25) is 0 Å². The molecular formula is C22H28N2O. The molecule has 1 fully saturated rings. The van der Waals surface area contributed by atoms with Gasteiger partial charge in [-0.25, -0.2) is 0 Å². The van der Waals surface area contributed by atoms with E-state index in [0.717, 1.165) is 24.6 Å². The minimum atomic E-state index is 0.294. The lowest BCUT2D eigenvalue weighted by molar-refractivity contribution is 0.148. The van der Waals surface area contributed by atoms with Crippen molar-refractivity contribution in [2.75, 3.05) is 26.2 Å². The highest BCUT2D eigenvalue weighted by Crippen LogP contribution is 2.46. The highest BCUT2D eigenvalue weighted by Gasteiger charge is 2.37. The number of ether oxygens (including phenoxy) is 1. The maximum absolute atomic E-state index is 6.20. The van der Waals surface area contributed by atoms with Gasteiger partial charge >= 0.3 is 0 Å². The Morgan fingerprint density at radius 2 is 1.64 bits per heavy atom. The van der Waals surface area contributed by atoms with E-state index in [1.807, 2.05) is 0 Å². The molecule has 2 heterocycles. The van der Waals surface area contributed by atoms with Crippen molar-refractivity contribution in [1.82, 2.24) is 9.80 Å². The van der Waals surface area contributed by atoms with Crippen LogP contribution in [0.2, 0.25) is 0 Å². The Labute approximate surface area is 151 Å². The molecule has 3 heteroatoms. The van der Waals surface area contributed by atoms with Gasteiger partial charge in [-0.3, -0.25) is 4.90 Å². The molecule has 0 amide bonds. The number of hydrogen-bond acceptors (Lipinski definition) is 3. The van der Waals surface area contributed by atoms with Crippen molar-refractivity contribution < 1.29 is 4.74 Å². The van der Waals surface area contributed by atoms with Crippen LogP contribution in [0.4, 0.5) is 0 Å². The van der Waals surface area contributed by atoms with E-state index < -0.39 is 0 Å². The topological polar surface area (TPSA) is 15.7 Å². The van der Waals surface area contributed by atoms with Gasteiger partial charge in [0.15, 0.2) is 0 Å². The van der Waals surface area contributed by atoms with E-state index in [1.165, 1.54) is 37.1 Å². The smallest absolute Gasteiger partial charge is 0.132 e. The van der Waals surface area contributed by atoms with Gasteiger partial charge in [0, 0.05) is 23.7 Å². The van der Waals surface area contributed by atoms with Crippen LogP contribution in [0.15, 0.2) is 48.5 Å². The van der Waals surface area contributed by atoms with Crippen molar-refractivity contribution >= 4 is 0 Å². The van der Waals surface area contributed by atoms with Crippen LogP contribution in [-0.4, -0.2) is 42.0 Å². The summed E-state index contributed by atoms with van der Waals surface area (Å²) in [5.41, 5.74) is 2.62. The molecule has 2 aromatic rings. The lowest BCUT2D eigenvalue weighted by atomic mass is 9.91. The average molecular weight is 336 g/mol. The Kier molecular flexibility index (Phi) is 4.78. The average Bonchev–Trinajstić information content (AvgIpc) is 3.13. The first-order valence-corrected chi connectivity index (χ1v) is 9.65. The van der Waals surface area contributed by atoms with Crippen molar-refractivity contribution in [2.24, 2.45) is 0 Å². The first-order chi connectivity index (χ1) is 12.3. The van der Waals surface area contributed by atoms with Gasteiger partial charge in [-0.2, -0.15) is 0 Å². The van der Waals surface area contributed by atoms with E-state index in [-0.39, 0.29) is 0 Å². The van der Waals surface area contributed by atoms with Crippen LogP contribution in [0, 0.1) is 0 Å². The standard InChI is InChI=1S/C22H28N2O/c1-3-14-24(17-13-15-23(4-2)16-17)22-18-9-5-7-11-20(18)25-21-12-8-6-10-19(21)22/h5-12,17,22H,3-4,13-16H2,1-2H3. The fraction of sp³-hybridized carbons (Fsp3) is 0.455. The summed E-state index contributed by atoms with van der Waals surface area (Å²) in [6, 6.07) is 18.0. The molecule has 25 heavy (non-hydrogen) atoms. The van der Waals surface area contributed by atoms with Crippen molar-refractivity contribution in [1.29, 1.82) is 0 Å². The molecule has 0 N–H and O–H groups in total. The minimum Gasteiger partial charge on any atom is -0.457 e. The normalized spacial score (nSPS) is 20.4. The molecule has 0 radical (unpaired) electrons. The summed E-state index contributed by atoms with van der Waals surface area (Å²) in [5.74, 6) is 2.02. The third-order valence-corrected chi connectivity index (χ3v) is 5.62. The summed E-state index contributed by atoms with van der Waals surface area (Å²) in [5, 5.41) is 0. The second-order valence-corrected chi connectivity index (χ2v) is 7.15. The number of likely N-dealkylation sites (tertiary alicyclic amines) is 1.